The first kappa shape index (κ1) is 20.0. The fourth-order valence-electron chi connectivity index (χ4n) is 3.42. The summed E-state index contributed by atoms with van der Waals surface area (Å²) in [6.45, 7) is 5.08. The second-order valence-corrected chi connectivity index (χ2v) is 7.57. The number of hydrogen-bond donors (Lipinski definition) is 3. The van der Waals surface area contributed by atoms with Gasteiger partial charge in [0.15, 0.2) is 5.82 Å². The molecule has 8 nitrogen and oxygen atoms in total. The lowest BCUT2D eigenvalue weighted by Crippen LogP contribution is -2.49. The Hall–Kier alpha value is -2.74. The topological polar surface area (TPSA) is 117 Å². The molecule has 150 valence electrons. The number of amides is 2. The van der Waals surface area contributed by atoms with Crippen molar-refractivity contribution in [1.82, 2.24) is 20.1 Å². The molecule has 0 bridgehead atoms. The van der Waals surface area contributed by atoms with Crippen molar-refractivity contribution in [3.63, 3.8) is 0 Å². The number of nitrogens with two attached hydrogens (primary N) is 1. The highest BCUT2D eigenvalue weighted by Gasteiger charge is 2.31. The van der Waals surface area contributed by atoms with E-state index >= 15 is 0 Å². The maximum Gasteiger partial charge on any atom is 0.247 e. The number of carbonyl (C=O) groups excluding carboxylic acids is 2. The summed E-state index contributed by atoms with van der Waals surface area (Å²) in [5, 5.41) is 9.87. The van der Waals surface area contributed by atoms with Crippen molar-refractivity contribution in [2.75, 3.05) is 11.9 Å². The normalized spacial score (nSPS) is 15.7. The molecule has 4 N–H and O–H groups in total. The van der Waals surface area contributed by atoms with E-state index in [1.807, 2.05) is 24.3 Å². The molecule has 2 amide bonds. The number of aromatic amines is 1. The Bertz CT molecular complexity index is 814. The first-order chi connectivity index (χ1) is 13.5. The van der Waals surface area contributed by atoms with Gasteiger partial charge in [-0.1, -0.05) is 13.8 Å². The minimum absolute atomic E-state index is 0.0720. The van der Waals surface area contributed by atoms with E-state index in [-0.39, 0.29) is 11.8 Å². The second kappa shape index (κ2) is 8.97. The summed E-state index contributed by atoms with van der Waals surface area (Å²) >= 11 is 0. The number of anilines is 1. The molecule has 1 fully saturated rings. The van der Waals surface area contributed by atoms with Crippen LogP contribution in [0.25, 0.3) is 11.4 Å². The van der Waals surface area contributed by atoms with Gasteiger partial charge in [0.25, 0.3) is 0 Å². The summed E-state index contributed by atoms with van der Waals surface area (Å²) in [7, 11) is 0. The molecule has 1 atom stereocenters. The lowest BCUT2D eigenvalue weighted by atomic mass is 9.98. The molecular formula is C20H28N6O2. The highest BCUT2D eigenvalue weighted by Crippen LogP contribution is 2.22. The summed E-state index contributed by atoms with van der Waals surface area (Å²) in [6, 6.07) is 6.89. The highest BCUT2D eigenvalue weighted by molar-refractivity contribution is 5.97. The molecule has 1 aromatic heterocycles. The zero-order valence-corrected chi connectivity index (χ0v) is 16.4. The van der Waals surface area contributed by atoms with Crippen molar-refractivity contribution in [1.29, 1.82) is 0 Å². The third kappa shape index (κ3) is 4.75. The third-order valence-corrected chi connectivity index (χ3v) is 4.87. The van der Waals surface area contributed by atoms with Gasteiger partial charge in [0, 0.05) is 24.2 Å². The van der Waals surface area contributed by atoms with Crippen LogP contribution in [0.15, 0.2) is 24.3 Å². The predicted octanol–water partition coefficient (Wildman–Crippen LogP) is 2.30. The Morgan fingerprint density at radius 2 is 2.04 bits per heavy atom. The summed E-state index contributed by atoms with van der Waals surface area (Å²) in [5.41, 5.74) is 7.06. The number of aromatic nitrogens is 3. The van der Waals surface area contributed by atoms with Gasteiger partial charge in [-0.25, -0.2) is 4.98 Å². The number of benzene rings is 1. The van der Waals surface area contributed by atoms with Gasteiger partial charge in [0.2, 0.25) is 11.8 Å². The van der Waals surface area contributed by atoms with Gasteiger partial charge < -0.3 is 16.0 Å². The van der Waals surface area contributed by atoms with E-state index in [0.717, 1.165) is 18.4 Å². The smallest absolute Gasteiger partial charge is 0.247 e. The summed E-state index contributed by atoms with van der Waals surface area (Å²) in [6.07, 6.45) is 3.02. The van der Waals surface area contributed by atoms with Crippen LogP contribution >= 0.6 is 0 Å². The molecular weight excluding hydrogens is 356 g/mol. The first-order valence-electron chi connectivity index (χ1n) is 9.80. The third-order valence-electron chi connectivity index (χ3n) is 4.87. The number of nitrogens with one attached hydrogen (secondary N) is 2. The Labute approximate surface area is 164 Å². The Kier molecular flexibility index (Phi) is 6.41. The van der Waals surface area contributed by atoms with E-state index in [2.05, 4.69) is 34.3 Å². The van der Waals surface area contributed by atoms with Gasteiger partial charge in [0.1, 0.15) is 11.9 Å². The van der Waals surface area contributed by atoms with Crippen LogP contribution < -0.4 is 11.1 Å². The molecule has 1 aromatic carbocycles. The Morgan fingerprint density at radius 1 is 1.29 bits per heavy atom. The largest absolute Gasteiger partial charge is 0.331 e. The van der Waals surface area contributed by atoms with E-state index in [1.165, 1.54) is 0 Å². The molecule has 1 aliphatic heterocycles. The van der Waals surface area contributed by atoms with Crippen molar-refractivity contribution in [3.8, 4) is 11.4 Å². The maximum absolute atomic E-state index is 12.9. The van der Waals surface area contributed by atoms with Crippen molar-refractivity contribution in [2.45, 2.75) is 52.1 Å². The molecule has 0 radical (unpaired) electrons. The summed E-state index contributed by atoms with van der Waals surface area (Å²) < 4.78 is 0. The average molecular weight is 384 g/mol. The quantitative estimate of drug-likeness (QED) is 0.677. The van der Waals surface area contributed by atoms with E-state index in [9.17, 15) is 9.59 Å². The fourth-order valence-corrected chi connectivity index (χ4v) is 3.42. The predicted molar refractivity (Wildman–Crippen MR) is 107 cm³/mol. The Morgan fingerprint density at radius 3 is 2.64 bits per heavy atom. The van der Waals surface area contributed by atoms with Crippen molar-refractivity contribution < 1.29 is 9.59 Å². The summed E-state index contributed by atoms with van der Waals surface area (Å²) in [4.78, 5) is 31.3. The van der Waals surface area contributed by atoms with Gasteiger partial charge in [-0.15, -0.1) is 0 Å². The molecule has 1 unspecified atom stereocenters. The second-order valence-electron chi connectivity index (χ2n) is 7.57. The maximum atomic E-state index is 12.9. The number of hydrogen-bond acceptors (Lipinski definition) is 5. The molecule has 0 saturated carbocycles. The van der Waals surface area contributed by atoms with Crippen LogP contribution in [0.1, 0.15) is 45.4 Å². The highest BCUT2D eigenvalue weighted by atomic mass is 16.2. The number of carbonyl (C=O) groups is 2. The van der Waals surface area contributed by atoms with Crippen LogP contribution in [-0.2, 0) is 16.1 Å². The number of nitrogens with zero attached hydrogens (tertiary/aromatic N) is 3. The standard InChI is InChI=1S/C20H28N6O2/c1-13(2)11-16(26-10-4-3-5-18(26)27)20(28)22-15-8-6-14(7-9-15)19-23-17(12-21)24-25-19/h6-9,13,16H,3-5,10-12,21H2,1-2H3,(H,22,28)(H,23,24,25). The molecule has 1 aliphatic rings. The molecule has 8 heteroatoms. The van der Waals surface area contributed by atoms with Gasteiger partial charge in [-0.3, -0.25) is 14.7 Å². The van der Waals surface area contributed by atoms with Crippen LogP contribution in [0.3, 0.4) is 0 Å². The number of piperidine rings is 1. The molecule has 28 heavy (non-hydrogen) atoms. The first-order valence-corrected chi connectivity index (χ1v) is 9.80. The Balaban J connectivity index is 1.71. The lowest BCUT2D eigenvalue weighted by Gasteiger charge is -2.34. The van der Waals surface area contributed by atoms with Crippen molar-refractivity contribution in [3.05, 3.63) is 30.1 Å². The molecule has 3 rings (SSSR count). The zero-order chi connectivity index (χ0) is 20.1. The van der Waals surface area contributed by atoms with E-state index in [0.29, 0.717) is 49.2 Å². The SMILES string of the molecule is CC(C)CC(C(=O)Nc1ccc(-c2n[nH]c(CN)n2)cc1)N1CCCCC1=O. The van der Waals surface area contributed by atoms with Gasteiger partial charge >= 0.3 is 0 Å². The molecule has 0 spiro atoms. The minimum Gasteiger partial charge on any atom is -0.331 e. The van der Waals surface area contributed by atoms with Gasteiger partial charge in [-0.05, 0) is 49.4 Å². The van der Waals surface area contributed by atoms with Crippen LogP contribution in [0.2, 0.25) is 0 Å². The molecule has 1 saturated heterocycles. The van der Waals surface area contributed by atoms with Gasteiger partial charge in [-0.2, -0.15) is 5.10 Å². The zero-order valence-electron chi connectivity index (χ0n) is 16.4. The van der Waals surface area contributed by atoms with E-state index in [4.69, 9.17) is 5.73 Å². The monoisotopic (exact) mass is 384 g/mol. The fraction of sp³-hybridized carbons (Fsp3) is 0.500. The number of H-pyrrole nitrogens is 1. The molecule has 2 aromatic rings. The number of rotatable bonds is 7. The average Bonchev–Trinajstić information content (AvgIpc) is 3.16. The minimum atomic E-state index is -0.437. The van der Waals surface area contributed by atoms with Crippen LogP contribution in [0.4, 0.5) is 5.69 Å². The van der Waals surface area contributed by atoms with Crippen LogP contribution in [-0.4, -0.2) is 44.5 Å². The van der Waals surface area contributed by atoms with Crippen LogP contribution in [0.5, 0.6) is 0 Å². The number of likely N-dealkylation sites (tertiary alicyclic amines) is 1. The van der Waals surface area contributed by atoms with Crippen LogP contribution in [0, 0.1) is 5.92 Å². The summed E-state index contributed by atoms with van der Waals surface area (Å²) in [5.74, 6) is 1.43. The van der Waals surface area contributed by atoms with Crippen molar-refractivity contribution >= 4 is 17.5 Å². The van der Waals surface area contributed by atoms with E-state index in [1.54, 1.807) is 4.90 Å². The molecule has 2 heterocycles. The lowest BCUT2D eigenvalue weighted by molar-refractivity contribution is -0.141. The van der Waals surface area contributed by atoms with E-state index < -0.39 is 6.04 Å². The van der Waals surface area contributed by atoms with Gasteiger partial charge in [0.05, 0.1) is 6.54 Å². The molecule has 0 aliphatic carbocycles. The van der Waals surface area contributed by atoms with Crippen molar-refractivity contribution in [2.24, 2.45) is 11.7 Å².